The normalized spacial score (nSPS) is 10.6. The Morgan fingerprint density at radius 1 is 0.714 bits per heavy atom. The molecular formula is C18H37NO2. The second kappa shape index (κ2) is 17.3. The largest absolute Gasteiger partial charge is 0.450 e. The van der Waals surface area contributed by atoms with Crippen molar-refractivity contribution in [3.8, 4) is 0 Å². The summed E-state index contributed by atoms with van der Waals surface area (Å²) in [6, 6.07) is 0. The number of unbranched alkanes of at least 4 members (excludes halogenated alkanes) is 13. The average Bonchev–Trinajstić information content (AvgIpc) is 2.50. The Labute approximate surface area is 132 Å². The first-order valence-electron chi connectivity index (χ1n) is 9.15. The molecule has 0 aliphatic heterocycles. The monoisotopic (exact) mass is 299 g/mol. The molecule has 0 bridgehead atoms. The fourth-order valence-electron chi connectivity index (χ4n) is 2.53. The van der Waals surface area contributed by atoms with E-state index in [1.807, 2.05) is 0 Å². The summed E-state index contributed by atoms with van der Waals surface area (Å²) in [6.45, 7) is 2.83. The lowest BCUT2D eigenvalue weighted by atomic mass is 10.0. The van der Waals surface area contributed by atoms with Crippen LogP contribution in [0.3, 0.4) is 0 Å². The summed E-state index contributed by atoms with van der Waals surface area (Å²) in [5.41, 5.74) is 0. The predicted molar refractivity (Wildman–Crippen MR) is 90.7 cm³/mol. The van der Waals surface area contributed by atoms with Crippen molar-refractivity contribution in [3.05, 3.63) is 0 Å². The number of alkyl carbamates (subject to hydrolysis) is 1. The first-order valence-corrected chi connectivity index (χ1v) is 9.15. The van der Waals surface area contributed by atoms with E-state index in [0.717, 1.165) is 6.42 Å². The maximum atomic E-state index is 10.8. The third-order valence-corrected chi connectivity index (χ3v) is 3.94. The van der Waals surface area contributed by atoms with Gasteiger partial charge in [-0.15, -0.1) is 0 Å². The topological polar surface area (TPSA) is 38.3 Å². The Morgan fingerprint density at radius 3 is 1.48 bits per heavy atom. The van der Waals surface area contributed by atoms with Crippen molar-refractivity contribution in [1.29, 1.82) is 0 Å². The zero-order valence-corrected chi connectivity index (χ0v) is 14.4. The van der Waals surface area contributed by atoms with Crippen molar-refractivity contribution in [1.82, 2.24) is 5.32 Å². The van der Waals surface area contributed by atoms with E-state index in [1.165, 1.54) is 83.5 Å². The van der Waals surface area contributed by atoms with Crippen LogP contribution in [-0.2, 0) is 4.74 Å². The standard InChI is InChI=1S/C18H37NO2/c1-3-4-5-6-7-8-9-10-11-12-13-14-15-16-17-21-18(20)19-2/h3-17H2,1-2H3,(H,19,20). The van der Waals surface area contributed by atoms with Gasteiger partial charge in [0.05, 0.1) is 6.61 Å². The van der Waals surface area contributed by atoms with E-state index in [0.29, 0.717) is 6.61 Å². The van der Waals surface area contributed by atoms with Crippen LogP contribution in [-0.4, -0.2) is 19.7 Å². The summed E-state index contributed by atoms with van der Waals surface area (Å²) in [5.74, 6) is 0. The van der Waals surface area contributed by atoms with Gasteiger partial charge in [0.25, 0.3) is 0 Å². The molecule has 0 spiro atoms. The summed E-state index contributed by atoms with van der Waals surface area (Å²) < 4.78 is 4.95. The minimum atomic E-state index is -0.315. The van der Waals surface area contributed by atoms with Crippen LogP contribution in [0.1, 0.15) is 96.8 Å². The summed E-state index contributed by atoms with van der Waals surface area (Å²) in [4.78, 5) is 10.8. The van der Waals surface area contributed by atoms with Gasteiger partial charge in [0.1, 0.15) is 0 Å². The number of hydrogen-bond acceptors (Lipinski definition) is 2. The Kier molecular flexibility index (Phi) is 16.7. The van der Waals surface area contributed by atoms with Crippen molar-refractivity contribution < 1.29 is 9.53 Å². The second-order valence-electron chi connectivity index (χ2n) is 5.98. The summed E-state index contributed by atoms with van der Waals surface area (Å²) in [7, 11) is 1.59. The fraction of sp³-hybridized carbons (Fsp3) is 0.944. The van der Waals surface area contributed by atoms with Crippen molar-refractivity contribution in [2.24, 2.45) is 0 Å². The van der Waals surface area contributed by atoms with Crippen LogP contribution in [0.25, 0.3) is 0 Å². The van der Waals surface area contributed by atoms with Crippen LogP contribution in [0.2, 0.25) is 0 Å². The number of carbonyl (C=O) groups is 1. The molecule has 3 nitrogen and oxygen atoms in total. The van der Waals surface area contributed by atoms with Gasteiger partial charge < -0.3 is 10.1 Å². The molecule has 0 aliphatic rings. The zero-order valence-electron chi connectivity index (χ0n) is 14.4. The highest BCUT2D eigenvalue weighted by Gasteiger charge is 1.97. The molecule has 0 aromatic rings. The SMILES string of the molecule is CCCCCCCCCCCCCCCCOC(=O)NC. The van der Waals surface area contributed by atoms with Crippen LogP contribution in [0.15, 0.2) is 0 Å². The number of hydrogen-bond donors (Lipinski definition) is 1. The molecule has 0 aliphatic carbocycles. The van der Waals surface area contributed by atoms with Gasteiger partial charge in [-0.2, -0.15) is 0 Å². The van der Waals surface area contributed by atoms with Gasteiger partial charge in [-0.1, -0.05) is 90.4 Å². The molecule has 0 unspecified atom stereocenters. The highest BCUT2D eigenvalue weighted by molar-refractivity contribution is 5.66. The molecule has 0 fully saturated rings. The lowest BCUT2D eigenvalue weighted by Gasteiger charge is -2.04. The molecule has 0 atom stereocenters. The van der Waals surface area contributed by atoms with Crippen molar-refractivity contribution in [3.63, 3.8) is 0 Å². The van der Waals surface area contributed by atoms with E-state index in [2.05, 4.69) is 12.2 Å². The summed E-state index contributed by atoms with van der Waals surface area (Å²) in [6.07, 6.45) is 18.5. The van der Waals surface area contributed by atoms with E-state index < -0.39 is 0 Å². The maximum Gasteiger partial charge on any atom is 0.406 e. The van der Waals surface area contributed by atoms with Crippen LogP contribution in [0.4, 0.5) is 4.79 Å². The van der Waals surface area contributed by atoms with E-state index in [1.54, 1.807) is 7.05 Å². The number of nitrogens with one attached hydrogen (secondary N) is 1. The van der Waals surface area contributed by atoms with Gasteiger partial charge in [0, 0.05) is 7.05 Å². The summed E-state index contributed by atoms with van der Waals surface area (Å²) >= 11 is 0. The lowest BCUT2D eigenvalue weighted by molar-refractivity contribution is 0.146. The molecule has 0 heterocycles. The minimum Gasteiger partial charge on any atom is -0.450 e. The molecular weight excluding hydrogens is 262 g/mol. The average molecular weight is 299 g/mol. The van der Waals surface area contributed by atoms with E-state index >= 15 is 0 Å². The van der Waals surface area contributed by atoms with Crippen LogP contribution < -0.4 is 5.32 Å². The van der Waals surface area contributed by atoms with Crippen LogP contribution in [0, 0.1) is 0 Å². The second-order valence-corrected chi connectivity index (χ2v) is 5.98. The highest BCUT2D eigenvalue weighted by Crippen LogP contribution is 2.12. The Bertz CT molecular complexity index is 219. The van der Waals surface area contributed by atoms with Gasteiger partial charge in [-0.05, 0) is 6.42 Å². The Morgan fingerprint density at radius 2 is 1.10 bits per heavy atom. The number of ether oxygens (including phenoxy) is 1. The number of carbonyl (C=O) groups excluding carboxylic acids is 1. The zero-order chi connectivity index (χ0) is 15.6. The number of amides is 1. The molecule has 1 amide bonds. The van der Waals surface area contributed by atoms with E-state index in [9.17, 15) is 4.79 Å². The van der Waals surface area contributed by atoms with Gasteiger partial charge in [0.2, 0.25) is 0 Å². The molecule has 0 rings (SSSR count). The summed E-state index contributed by atoms with van der Waals surface area (Å²) in [5, 5.41) is 2.45. The Hall–Kier alpha value is -0.730. The fourth-order valence-corrected chi connectivity index (χ4v) is 2.53. The van der Waals surface area contributed by atoms with Crippen molar-refractivity contribution >= 4 is 6.09 Å². The minimum absolute atomic E-state index is 0.315. The molecule has 3 heteroatoms. The molecule has 0 aromatic carbocycles. The van der Waals surface area contributed by atoms with E-state index in [4.69, 9.17) is 4.74 Å². The predicted octanol–water partition coefficient (Wildman–Crippen LogP) is 5.82. The molecule has 0 saturated heterocycles. The van der Waals surface area contributed by atoms with Gasteiger partial charge in [-0.3, -0.25) is 0 Å². The third-order valence-electron chi connectivity index (χ3n) is 3.94. The Balaban J connectivity index is 2.98. The molecule has 1 N–H and O–H groups in total. The first kappa shape index (κ1) is 20.3. The molecule has 0 radical (unpaired) electrons. The van der Waals surface area contributed by atoms with Crippen LogP contribution in [0.5, 0.6) is 0 Å². The van der Waals surface area contributed by atoms with Crippen LogP contribution >= 0.6 is 0 Å². The molecule has 0 aromatic heterocycles. The highest BCUT2D eigenvalue weighted by atomic mass is 16.5. The van der Waals surface area contributed by atoms with Gasteiger partial charge in [-0.25, -0.2) is 4.79 Å². The van der Waals surface area contributed by atoms with Gasteiger partial charge >= 0.3 is 6.09 Å². The smallest absolute Gasteiger partial charge is 0.406 e. The molecule has 21 heavy (non-hydrogen) atoms. The van der Waals surface area contributed by atoms with Gasteiger partial charge in [0.15, 0.2) is 0 Å². The lowest BCUT2D eigenvalue weighted by Crippen LogP contribution is -2.19. The first-order chi connectivity index (χ1) is 10.3. The van der Waals surface area contributed by atoms with Crippen molar-refractivity contribution in [2.75, 3.05) is 13.7 Å². The quantitative estimate of drug-likeness (QED) is 0.387. The van der Waals surface area contributed by atoms with Crippen molar-refractivity contribution in [2.45, 2.75) is 96.8 Å². The van der Waals surface area contributed by atoms with E-state index in [-0.39, 0.29) is 6.09 Å². The maximum absolute atomic E-state index is 10.8. The number of rotatable bonds is 15. The third kappa shape index (κ3) is 17.2. The molecule has 126 valence electrons. The molecule has 0 saturated carbocycles.